The molecule has 0 spiro atoms. The van der Waals surface area contributed by atoms with Crippen molar-refractivity contribution >= 4 is 17.6 Å². The standard InChI is InChI=1S/C40H58N2O3/c1-35(2)27(25-9-11-26(12-10-25)33(43)44)15-18-37(4)30(35)17-19-39(6)31(37)14-13-29-32-28(36(3)21-22-36)16-20-40(32,24-23-38(29,39)5)41-34(45)42(7)8/h9-12,15,28-32H,13-14,16-24H2,1-8H3,(H,41,45)(H,43,44)/t28-,29-,30+,31-,32-,37+,38-,39-,40+/m1/s1. The Kier molecular flexibility index (Phi) is 6.86. The molecule has 0 aliphatic heterocycles. The van der Waals surface area contributed by atoms with Gasteiger partial charge in [0.05, 0.1) is 5.56 Å². The van der Waals surface area contributed by atoms with E-state index in [4.69, 9.17) is 0 Å². The van der Waals surface area contributed by atoms with Crippen LogP contribution in [0.25, 0.3) is 5.57 Å². The third kappa shape index (κ3) is 4.23. The number of aromatic carboxylic acids is 1. The smallest absolute Gasteiger partial charge is 0.335 e. The fourth-order valence-corrected chi connectivity index (χ4v) is 13.4. The number of fused-ring (bicyclic) bond motifs is 7. The highest BCUT2D eigenvalue weighted by atomic mass is 16.4. The van der Waals surface area contributed by atoms with Crippen molar-refractivity contribution in [1.82, 2.24) is 10.2 Å². The predicted molar refractivity (Wildman–Crippen MR) is 181 cm³/mol. The molecule has 5 nitrogen and oxygen atoms in total. The topological polar surface area (TPSA) is 69.6 Å². The first-order valence-corrected chi connectivity index (χ1v) is 18.1. The maximum absolute atomic E-state index is 13.3. The van der Waals surface area contributed by atoms with Gasteiger partial charge in [-0.1, -0.05) is 59.8 Å². The van der Waals surface area contributed by atoms with E-state index in [-0.39, 0.29) is 33.2 Å². The van der Waals surface area contributed by atoms with Crippen molar-refractivity contribution in [3.8, 4) is 0 Å². The Balaban J connectivity index is 1.23. The van der Waals surface area contributed by atoms with Crippen molar-refractivity contribution < 1.29 is 14.7 Å². The molecule has 0 aromatic heterocycles. The molecule has 1 aromatic rings. The van der Waals surface area contributed by atoms with Gasteiger partial charge in [-0.05, 0) is 151 Å². The summed E-state index contributed by atoms with van der Waals surface area (Å²) in [6.07, 6.45) is 16.3. The van der Waals surface area contributed by atoms with Gasteiger partial charge in [0.15, 0.2) is 0 Å². The number of allylic oxidation sites excluding steroid dienone is 2. The number of carboxylic acids is 1. The van der Waals surface area contributed by atoms with E-state index >= 15 is 0 Å². The summed E-state index contributed by atoms with van der Waals surface area (Å²) in [5, 5.41) is 13.2. The Morgan fingerprint density at radius 3 is 2.09 bits per heavy atom. The van der Waals surface area contributed by atoms with E-state index in [0.717, 1.165) is 25.2 Å². The fourth-order valence-electron chi connectivity index (χ4n) is 13.4. The summed E-state index contributed by atoms with van der Waals surface area (Å²) in [6.45, 7) is 15.5. The van der Waals surface area contributed by atoms with E-state index in [1.54, 1.807) is 17.0 Å². The molecule has 0 heterocycles. The fraction of sp³-hybridized carbons (Fsp3) is 0.750. The summed E-state index contributed by atoms with van der Waals surface area (Å²) in [4.78, 5) is 26.5. The van der Waals surface area contributed by atoms with Crippen molar-refractivity contribution in [1.29, 1.82) is 0 Å². The highest BCUT2D eigenvalue weighted by molar-refractivity contribution is 5.88. The van der Waals surface area contributed by atoms with Gasteiger partial charge in [-0.3, -0.25) is 0 Å². The third-order valence-corrected chi connectivity index (χ3v) is 16.2. The van der Waals surface area contributed by atoms with Gasteiger partial charge >= 0.3 is 12.0 Å². The molecule has 5 heteroatoms. The van der Waals surface area contributed by atoms with Gasteiger partial charge in [0, 0.05) is 19.6 Å². The molecular formula is C40H58N2O3. The molecule has 0 saturated heterocycles. The molecule has 0 bridgehead atoms. The average molecular weight is 615 g/mol. The maximum Gasteiger partial charge on any atom is 0.335 e. The molecule has 7 rings (SSSR count). The zero-order chi connectivity index (χ0) is 32.4. The van der Waals surface area contributed by atoms with Gasteiger partial charge in [-0.25, -0.2) is 9.59 Å². The maximum atomic E-state index is 13.3. The molecule has 9 atom stereocenters. The number of urea groups is 1. The largest absolute Gasteiger partial charge is 0.478 e. The van der Waals surface area contributed by atoms with Gasteiger partial charge in [-0.15, -0.1) is 0 Å². The van der Waals surface area contributed by atoms with Crippen LogP contribution in [0.5, 0.6) is 0 Å². The number of rotatable bonds is 4. The number of benzene rings is 1. The number of carboxylic acid groups (broad SMARTS) is 1. The van der Waals surface area contributed by atoms with Crippen LogP contribution in [0.3, 0.4) is 0 Å². The molecule has 2 N–H and O–H groups in total. The third-order valence-electron chi connectivity index (χ3n) is 16.2. The van der Waals surface area contributed by atoms with Gasteiger partial charge in [-0.2, -0.15) is 0 Å². The average Bonchev–Trinajstić information content (AvgIpc) is 3.60. The van der Waals surface area contributed by atoms with E-state index in [0.29, 0.717) is 34.7 Å². The lowest BCUT2D eigenvalue weighted by molar-refractivity contribution is -0.221. The second-order valence-corrected chi connectivity index (χ2v) is 18.4. The van der Waals surface area contributed by atoms with E-state index in [2.05, 4.69) is 52.9 Å². The molecule has 6 aliphatic carbocycles. The van der Waals surface area contributed by atoms with Crippen LogP contribution in [-0.2, 0) is 0 Å². The van der Waals surface area contributed by atoms with Crippen LogP contribution in [-0.4, -0.2) is 41.6 Å². The lowest BCUT2D eigenvalue weighted by Gasteiger charge is -2.72. The molecule has 5 saturated carbocycles. The Bertz CT molecular complexity index is 1420. The number of hydrogen-bond acceptors (Lipinski definition) is 2. The molecule has 0 unspecified atom stereocenters. The van der Waals surface area contributed by atoms with E-state index in [1.807, 2.05) is 26.2 Å². The Labute approximate surface area is 272 Å². The normalized spacial score (nSPS) is 43.9. The lowest BCUT2D eigenvalue weighted by atomic mass is 9.32. The molecule has 45 heavy (non-hydrogen) atoms. The van der Waals surface area contributed by atoms with Gasteiger partial charge < -0.3 is 15.3 Å². The van der Waals surface area contributed by atoms with Crippen molar-refractivity contribution in [2.75, 3.05) is 14.1 Å². The van der Waals surface area contributed by atoms with Crippen molar-refractivity contribution in [3.05, 3.63) is 41.5 Å². The molecule has 0 radical (unpaired) electrons. The Morgan fingerprint density at radius 1 is 0.778 bits per heavy atom. The lowest BCUT2D eigenvalue weighted by Crippen LogP contribution is -2.68. The monoisotopic (exact) mass is 614 g/mol. The minimum Gasteiger partial charge on any atom is -0.478 e. The second kappa shape index (κ2) is 9.86. The number of carbonyl (C=O) groups excluding carboxylic acids is 1. The first-order valence-electron chi connectivity index (χ1n) is 18.1. The molecule has 246 valence electrons. The Morgan fingerprint density at radius 2 is 1.47 bits per heavy atom. The minimum atomic E-state index is -0.864. The molecule has 6 aliphatic rings. The first kappa shape index (κ1) is 31.3. The molecular weight excluding hydrogens is 556 g/mol. The van der Waals surface area contributed by atoms with Crippen LogP contribution in [0.1, 0.15) is 128 Å². The highest BCUT2D eigenvalue weighted by Crippen LogP contribution is 2.78. The minimum absolute atomic E-state index is 0.0200. The SMILES string of the molecule is CN(C)C(=O)N[C@]12CC[C@@H](C3(C)CC3)[C@@H]1[C@H]1CC[C@@H]3[C@@]4(C)CC=C(c5ccc(C(=O)O)cc5)C(C)(C)[C@@H]4CC[C@@]3(C)[C@]1(C)CC2. The summed E-state index contributed by atoms with van der Waals surface area (Å²) >= 11 is 0. The second-order valence-electron chi connectivity index (χ2n) is 18.4. The van der Waals surface area contributed by atoms with Gasteiger partial charge in [0.2, 0.25) is 0 Å². The number of carbonyl (C=O) groups is 2. The number of nitrogens with one attached hydrogen (secondary N) is 1. The number of hydrogen-bond donors (Lipinski definition) is 2. The van der Waals surface area contributed by atoms with E-state index < -0.39 is 5.97 Å². The van der Waals surface area contributed by atoms with Crippen LogP contribution in [0.2, 0.25) is 0 Å². The van der Waals surface area contributed by atoms with Crippen molar-refractivity contribution in [3.63, 3.8) is 0 Å². The van der Waals surface area contributed by atoms with E-state index in [9.17, 15) is 14.7 Å². The van der Waals surface area contributed by atoms with Crippen LogP contribution in [0.4, 0.5) is 4.79 Å². The molecule has 2 amide bonds. The van der Waals surface area contributed by atoms with E-state index in [1.165, 1.54) is 62.5 Å². The summed E-state index contributed by atoms with van der Waals surface area (Å²) in [5.74, 6) is 2.38. The summed E-state index contributed by atoms with van der Waals surface area (Å²) in [6, 6.07) is 7.69. The summed E-state index contributed by atoms with van der Waals surface area (Å²) in [7, 11) is 3.79. The van der Waals surface area contributed by atoms with Crippen LogP contribution < -0.4 is 5.32 Å². The van der Waals surface area contributed by atoms with Crippen molar-refractivity contribution in [2.24, 2.45) is 56.7 Å². The first-order chi connectivity index (χ1) is 21.0. The predicted octanol–water partition coefficient (Wildman–Crippen LogP) is 9.28. The van der Waals surface area contributed by atoms with Gasteiger partial charge in [0.1, 0.15) is 0 Å². The molecule has 1 aromatic carbocycles. The van der Waals surface area contributed by atoms with Crippen LogP contribution in [0, 0.1) is 56.7 Å². The van der Waals surface area contributed by atoms with Crippen molar-refractivity contribution in [2.45, 2.75) is 118 Å². The summed E-state index contributed by atoms with van der Waals surface area (Å²) < 4.78 is 0. The van der Waals surface area contributed by atoms with Gasteiger partial charge in [0.25, 0.3) is 0 Å². The zero-order valence-electron chi connectivity index (χ0n) is 29.3. The number of nitrogens with zero attached hydrogens (tertiary/aromatic N) is 1. The zero-order valence-corrected chi connectivity index (χ0v) is 29.3. The number of amides is 2. The quantitative estimate of drug-likeness (QED) is 0.355. The summed E-state index contributed by atoms with van der Waals surface area (Å²) in [5.41, 5.74) is 4.16. The molecule has 5 fully saturated rings. The van der Waals surface area contributed by atoms with Crippen LogP contribution in [0.15, 0.2) is 30.3 Å². The Hall–Kier alpha value is -2.30. The highest BCUT2D eigenvalue weighted by Gasteiger charge is 2.72. The van der Waals surface area contributed by atoms with Crippen LogP contribution >= 0.6 is 0 Å².